The molecule has 0 aliphatic carbocycles. The van der Waals surface area contributed by atoms with Crippen LogP contribution in [0, 0.1) is 20.8 Å². The highest BCUT2D eigenvalue weighted by molar-refractivity contribution is 5.93. The van der Waals surface area contributed by atoms with Gasteiger partial charge in [-0.2, -0.15) is 0 Å². The van der Waals surface area contributed by atoms with Gasteiger partial charge in [0.05, 0.1) is 12.7 Å². The van der Waals surface area contributed by atoms with Crippen molar-refractivity contribution in [3.05, 3.63) is 40.6 Å². The van der Waals surface area contributed by atoms with E-state index >= 15 is 0 Å². The van der Waals surface area contributed by atoms with E-state index in [2.05, 4.69) is 22.6 Å². The number of benzene rings is 1. The van der Waals surface area contributed by atoms with Crippen LogP contribution in [0.3, 0.4) is 0 Å². The van der Waals surface area contributed by atoms with Gasteiger partial charge in [-0.1, -0.05) is 22.9 Å². The molecule has 2 heterocycles. The normalized spacial score (nSPS) is 15.7. The molecule has 0 saturated carbocycles. The van der Waals surface area contributed by atoms with Crippen molar-refractivity contribution in [1.29, 1.82) is 0 Å². The number of ether oxygens (including phenoxy) is 2. The molecule has 0 radical (unpaired) electrons. The lowest BCUT2D eigenvalue weighted by molar-refractivity contribution is -0.121. The second kappa shape index (κ2) is 11.2. The van der Waals surface area contributed by atoms with E-state index in [1.54, 1.807) is 18.1 Å². The first kappa shape index (κ1) is 23.9. The van der Waals surface area contributed by atoms with Crippen molar-refractivity contribution in [2.45, 2.75) is 46.1 Å². The summed E-state index contributed by atoms with van der Waals surface area (Å²) in [4.78, 5) is 26.9. The molecular formula is C24H33N3O5. The minimum Gasteiger partial charge on any atom is -0.383 e. The highest BCUT2D eigenvalue weighted by Crippen LogP contribution is 2.29. The molecule has 8 heteroatoms. The Hall–Kier alpha value is -2.71. The zero-order valence-electron chi connectivity index (χ0n) is 19.4. The zero-order chi connectivity index (χ0) is 23.1. The minimum atomic E-state index is -0.286. The van der Waals surface area contributed by atoms with Crippen LogP contribution in [0.5, 0.6) is 0 Å². The lowest BCUT2D eigenvalue weighted by Gasteiger charge is -2.21. The first-order valence-electron chi connectivity index (χ1n) is 11.1. The van der Waals surface area contributed by atoms with Crippen LogP contribution < -0.4 is 5.32 Å². The van der Waals surface area contributed by atoms with Crippen molar-refractivity contribution < 1.29 is 23.6 Å². The Balaban J connectivity index is 1.64. The fourth-order valence-electron chi connectivity index (χ4n) is 4.10. The van der Waals surface area contributed by atoms with Gasteiger partial charge in [0.1, 0.15) is 0 Å². The van der Waals surface area contributed by atoms with Gasteiger partial charge in [-0.25, -0.2) is 0 Å². The quantitative estimate of drug-likeness (QED) is 0.607. The number of nitrogens with one attached hydrogen (secondary N) is 1. The summed E-state index contributed by atoms with van der Waals surface area (Å²) < 4.78 is 16.2. The molecule has 1 atom stereocenters. The maximum Gasteiger partial charge on any atom is 0.276 e. The summed E-state index contributed by atoms with van der Waals surface area (Å²) in [7, 11) is 1.58. The van der Waals surface area contributed by atoms with Gasteiger partial charge in [0.25, 0.3) is 5.91 Å². The van der Waals surface area contributed by atoms with Crippen LogP contribution >= 0.6 is 0 Å². The number of aryl methyl sites for hydroxylation is 3. The Kier molecular flexibility index (Phi) is 8.41. The van der Waals surface area contributed by atoms with Crippen molar-refractivity contribution in [1.82, 2.24) is 15.4 Å². The molecule has 1 aliphatic rings. The van der Waals surface area contributed by atoms with E-state index in [-0.39, 0.29) is 36.6 Å². The predicted molar refractivity (Wildman–Crippen MR) is 121 cm³/mol. The number of methoxy groups -OCH3 is 1. The molecule has 1 aromatic heterocycles. The summed E-state index contributed by atoms with van der Waals surface area (Å²) >= 11 is 0. The third-order valence-electron chi connectivity index (χ3n) is 5.66. The number of aromatic nitrogens is 1. The fraction of sp³-hybridized carbons (Fsp3) is 0.542. The van der Waals surface area contributed by atoms with Crippen LogP contribution in [0.4, 0.5) is 0 Å². The smallest absolute Gasteiger partial charge is 0.276 e. The van der Waals surface area contributed by atoms with Crippen molar-refractivity contribution in [2.24, 2.45) is 0 Å². The van der Waals surface area contributed by atoms with Gasteiger partial charge in [0, 0.05) is 51.4 Å². The van der Waals surface area contributed by atoms with E-state index in [0.29, 0.717) is 25.5 Å². The molecule has 32 heavy (non-hydrogen) atoms. The highest BCUT2D eigenvalue weighted by atomic mass is 16.5. The maximum atomic E-state index is 13.1. The van der Waals surface area contributed by atoms with Gasteiger partial charge in [0.2, 0.25) is 5.91 Å². The molecule has 1 aromatic carbocycles. The SMILES string of the molecule is COCCN(CCC(=O)NCC1CCCO1)C(=O)c1cc(-c2c(C)cc(C)cc2C)on1. The Labute approximate surface area is 189 Å². The summed E-state index contributed by atoms with van der Waals surface area (Å²) in [6, 6.07) is 5.82. The molecule has 1 aliphatic heterocycles. The maximum absolute atomic E-state index is 13.1. The van der Waals surface area contributed by atoms with Gasteiger partial charge < -0.3 is 24.2 Å². The van der Waals surface area contributed by atoms with Crippen molar-refractivity contribution in [3.63, 3.8) is 0 Å². The van der Waals surface area contributed by atoms with Crippen molar-refractivity contribution >= 4 is 11.8 Å². The molecule has 3 rings (SSSR count). The molecule has 1 fully saturated rings. The zero-order valence-corrected chi connectivity index (χ0v) is 19.4. The standard InChI is InChI=1S/C24H33N3O5/c1-16-12-17(2)23(18(3)13-16)21-14-20(26-32-21)24(29)27(9-11-30-4)8-7-22(28)25-15-19-6-5-10-31-19/h12-14,19H,5-11,15H2,1-4H3,(H,25,28). The number of hydrogen-bond donors (Lipinski definition) is 1. The molecule has 2 amide bonds. The van der Waals surface area contributed by atoms with Gasteiger partial charge in [0.15, 0.2) is 11.5 Å². The Bertz CT molecular complexity index is 910. The van der Waals surface area contributed by atoms with Gasteiger partial charge in [-0.05, 0) is 44.7 Å². The van der Waals surface area contributed by atoms with Crippen LogP contribution in [0.25, 0.3) is 11.3 Å². The lowest BCUT2D eigenvalue weighted by Crippen LogP contribution is -2.38. The average Bonchev–Trinajstić information content (AvgIpc) is 3.43. The van der Waals surface area contributed by atoms with E-state index < -0.39 is 0 Å². The van der Waals surface area contributed by atoms with Crippen LogP contribution in [0.15, 0.2) is 22.7 Å². The van der Waals surface area contributed by atoms with E-state index in [9.17, 15) is 9.59 Å². The summed E-state index contributed by atoms with van der Waals surface area (Å²) in [5, 5.41) is 6.91. The number of hydrogen-bond acceptors (Lipinski definition) is 6. The van der Waals surface area contributed by atoms with E-state index in [1.165, 1.54) is 5.56 Å². The number of carbonyl (C=O) groups excluding carboxylic acids is 2. The van der Waals surface area contributed by atoms with Crippen LogP contribution in [0.2, 0.25) is 0 Å². The number of amides is 2. The Morgan fingerprint density at radius 2 is 1.94 bits per heavy atom. The second-order valence-electron chi connectivity index (χ2n) is 8.32. The third-order valence-corrected chi connectivity index (χ3v) is 5.66. The summed E-state index contributed by atoms with van der Waals surface area (Å²) in [6.45, 7) is 8.32. The van der Waals surface area contributed by atoms with Crippen LogP contribution in [-0.4, -0.2) is 67.9 Å². The van der Waals surface area contributed by atoms with Crippen LogP contribution in [-0.2, 0) is 14.3 Å². The highest BCUT2D eigenvalue weighted by Gasteiger charge is 2.23. The number of carbonyl (C=O) groups is 2. The molecule has 0 spiro atoms. The van der Waals surface area contributed by atoms with E-state index in [1.807, 2.05) is 20.8 Å². The summed E-state index contributed by atoms with van der Waals surface area (Å²) in [5.74, 6) is 0.165. The first-order valence-corrected chi connectivity index (χ1v) is 11.1. The molecule has 174 valence electrons. The number of rotatable bonds is 10. The Morgan fingerprint density at radius 1 is 1.19 bits per heavy atom. The largest absolute Gasteiger partial charge is 0.383 e. The molecule has 1 saturated heterocycles. The molecular weight excluding hydrogens is 410 g/mol. The Morgan fingerprint density at radius 3 is 2.59 bits per heavy atom. The van der Waals surface area contributed by atoms with Gasteiger partial charge in [-0.15, -0.1) is 0 Å². The molecule has 8 nitrogen and oxygen atoms in total. The molecule has 1 unspecified atom stereocenters. The molecule has 0 bridgehead atoms. The minimum absolute atomic E-state index is 0.0902. The number of nitrogens with zero attached hydrogens (tertiary/aromatic N) is 2. The van der Waals surface area contributed by atoms with Crippen molar-refractivity contribution in [2.75, 3.05) is 40.0 Å². The first-order chi connectivity index (χ1) is 15.4. The third kappa shape index (κ3) is 6.17. The topological polar surface area (TPSA) is 93.9 Å². The molecule has 2 aromatic rings. The lowest BCUT2D eigenvalue weighted by atomic mass is 9.98. The van der Waals surface area contributed by atoms with Gasteiger partial charge in [-0.3, -0.25) is 9.59 Å². The van der Waals surface area contributed by atoms with E-state index in [0.717, 1.165) is 36.1 Å². The predicted octanol–water partition coefficient (Wildman–Crippen LogP) is 3.04. The van der Waals surface area contributed by atoms with Crippen LogP contribution in [0.1, 0.15) is 46.4 Å². The second-order valence-corrected chi connectivity index (χ2v) is 8.32. The molecule has 1 N–H and O–H groups in total. The fourth-order valence-corrected chi connectivity index (χ4v) is 4.10. The van der Waals surface area contributed by atoms with Gasteiger partial charge >= 0.3 is 0 Å². The summed E-state index contributed by atoms with van der Waals surface area (Å²) in [6.07, 6.45) is 2.28. The summed E-state index contributed by atoms with van der Waals surface area (Å²) in [5.41, 5.74) is 4.46. The average molecular weight is 444 g/mol. The van der Waals surface area contributed by atoms with E-state index in [4.69, 9.17) is 14.0 Å². The van der Waals surface area contributed by atoms with Crippen molar-refractivity contribution in [3.8, 4) is 11.3 Å². The monoisotopic (exact) mass is 443 g/mol.